The maximum atomic E-state index is 14.0. The lowest BCUT2D eigenvalue weighted by Crippen LogP contribution is -2.52. The van der Waals surface area contributed by atoms with Gasteiger partial charge >= 0.3 is 0 Å². The Morgan fingerprint density at radius 3 is 2.15 bits per heavy atom. The highest BCUT2D eigenvalue weighted by Crippen LogP contribution is 2.25. The molecular weight excluding hydrogens is 510 g/mol. The van der Waals surface area contributed by atoms with E-state index < -0.39 is 28.5 Å². The lowest BCUT2D eigenvalue weighted by molar-refractivity contribution is -0.139. The number of hydrogen-bond acceptors (Lipinski definition) is 4. The quantitative estimate of drug-likeness (QED) is 0.388. The van der Waals surface area contributed by atoms with Crippen LogP contribution in [0.1, 0.15) is 49.3 Å². The average Bonchev–Trinajstić information content (AvgIpc) is 3.45. The molecule has 0 saturated heterocycles. The van der Waals surface area contributed by atoms with E-state index in [0.29, 0.717) is 5.69 Å². The van der Waals surface area contributed by atoms with Crippen molar-refractivity contribution in [2.75, 3.05) is 10.8 Å². The molecule has 1 atom stereocenters. The first-order chi connectivity index (χ1) is 18.7. The van der Waals surface area contributed by atoms with Crippen LogP contribution in [0.2, 0.25) is 0 Å². The lowest BCUT2D eigenvalue weighted by atomic mass is 10.1. The molecule has 3 aromatic rings. The highest BCUT2D eigenvalue weighted by Gasteiger charge is 2.33. The van der Waals surface area contributed by atoms with Crippen molar-refractivity contribution in [2.24, 2.45) is 0 Å². The van der Waals surface area contributed by atoms with E-state index in [1.165, 1.54) is 17.0 Å². The van der Waals surface area contributed by atoms with Gasteiger partial charge in [0.1, 0.15) is 12.6 Å². The first-order valence-corrected chi connectivity index (χ1v) is 14.9. The molecule has 1 aliphatic rings. The van der Waals surface area contributed by atoms with Crippen molar-refractivity contribution in [1.29, 1.82) is 0 Å². The zero-order valence-corrected chi connectivity index (χ0v) is 23.7. The minimum absolute atomic E-state index is 0.0934. The van der Waals surface area contributed by atoms with Gasteiger partial charge in [0.2, 0.25) is 11.8 Å². The van der Waals surface area contributed by atoms with Gasteiger partial charge in [0.05, 0.1) is 10.6 Å². The van der Waals surface area contributed by atoms with Gasteiger partial charge in [-0.1, -0.05) is 73.0 Å². The second-order valence-corrected chi connectivity index (χ2v) is 12.1. The molecule has 3 aromatic carbocycles. The summed E-state index contributed by atoms with van der Waals surface area (Å²) in [7, 11) is -4.06. The minimum Gasteiger partial charge on any atom is -0.352 e. The van der Waals surface area contributed by atoms with Crippen LogP contribution in [-0.2, 0) is 26.2 Å². The molecule has 206 valence electrons. The van der Waals surface area contributed by atoms with Crippen LogP contribution in [0.4, 0.5) is 5.69 Å². The average molecular weight is 548 g/mol. The summed E-state index contributed by atoms with van der Waals surface area (Å²) < 4.78 is 28.7. The fourth-order valence-electron chi connectivity index (χ4n) is 4.91. The highest BCUT2D eigenvalue weighted by molar-refractivity contribution is 7.92. The normalized spacial score (nSPS) is 14.5. The summed E-state index contributed by atoms with van der Waals surface area (Å²) in [6, 6.07) is 22.2. The summed E-state index contributed by atoms with van der Waals surface area (Å²) in [6.45, 7) is 5.34. The van der Waals surface area contributed by atoms with Gasteiger partial charge in [-0.2, -0.15) is 0 Å². The van der Waals surface area contributed by atoms with Crippen LogP contribution in [0.3, 0.4) is 0 Å². The number of carbonyl (C=O) groups is 2. The number of benzene rings is 3. The molecular formula is C31H37N3O4S. The summed E-state index contributed by atoms with van der Waals surface area (Å²) in [5, 5.41) is 3.10. The van der Waals surface area contributed by atoms with Crippen molar-refractivity contribution in [3.63, 3.8) is 0 Å². The van der Waals surface area contributed by atoms with Crippen molar-refractivity contribution in [3.05, 3.63) is 95.6 Å². The van der Waals surface area contributed by atoms with Crippen LogP contribution in [0.5, 0.6) is 0 Å². The molecule has 0 aromatic heterocycles. The minimum atomic E-state index is -4.06. The van der Waals surface area contributed by atoms with Crippen molar-refractivity contribution in [1.82, 2.24) is 10.2 Å². The molecule has 1 aliphatic carbocycles. The summed E-state index contributed by atoms with van der Waals surface area (Å²) >= 11 is 0. The predicted molar refractivity (Wildman–Crippen MR) is 154 cm³/mol. The lowest BCUT2D eigenvalue weighted by Gasteiger charge is -2.33. The molecule has 1 fully saturated rings. The number of hydrogen-bond donors (Lipinski definition) is 1. The first kappa shape index (κ1) is 28.4. The van der Waals surface area contributed by atoms with Crippen molar-refractivity contribution >= 4 is 27.5 Å². The number of nitrogens with zero attached hydrogens (tertiary/aromatic N) is 2. The molecule has 0 aliphatic heterocycles. The molecule has 7 nitrogen and oxygen atoms in total. The maximum Gasteiger partial charge on any atom is 0.264 e. The first-order valence-electron chi connectivity index (χ1n) is 13.5. The molecule has 0 spiro atoms. The number of anilines is 1. The summed E-state index contributed by atoms with van der Waals surface area (Å²) in [5.74, 6) is -0.677. The Bertz CT molecular complexity index is 1380. The third-order valence-corrected chi connectivity index (χ3v) is 9.19. The zero-order chi connectivity index (χ0) is 28.0. The van der Waals surface area contributed by atoms with Crippen LogP contribution >= 0.6 is 0 Å². The van der Waals surface area contributed by atoms with Gasteiger partial charge in [0.25, 0.3) is 10.0 Å². The Morgan fingerprint density at radius 2 is 1.51 bits per heavy atom. The Kier molecular flexibility index (Phi) is 9.07. The summed E-state index contributed by atoms with van der Waals surface area (Å²) in [6.07, 6.45) is 4.02. The van der Waals surface area contributed by atoms with Gasteiger partial charge in [-0.15, -0.1) is 0 Å². The van der Waals surface area contributed by atoms with Crippen molar-refractivity contribution in [2.45, 2.75) is 70.0 Å². The standard InChI is InChI=1S/C31H37N3O4S/c1-23-17-19-28(20-18-23)34(39(37,38)29-15-5-4-6-16-29)22-30(35)33(21-26-12-8-7-11-24(26)2)25(3)31(36)32-27-13-9-10-14-27/h4-8,11-12,15-20,25,27H,9-10,13-14,21-22H2,1-3H3,(H,32,36). The topological polar surface area (TPSA) is 86.8 Å². The third kappa shape index (κ3) is 6.87. The van der Waals surface area contributed by atoms with Crippen LogP contribution in [0.15, 0.2) is 83.8 Å². The number of carbonyl (C=O) groups excluding carboxylic acids is 2. The maximum absolute atomic E-state index is 14.0. The number of amides is 2. The number of rotatable bonds is 10. The van der Waals surface area contributed by atoms with Crippen molar-refractivity contribution < 1.29 is 18.0 Å². The van der Waals surface area contributed by atoms with Gasteiger partial charge in [-0.05, 0) is 69.0 Å². The Hall–Kier alpha value is -3.65. The Balaban J connectivity index is 1.68. The monoisotopic (exact) mass is 547 g/mol. The summed E-state index contributed by atoms with van der Waals surface area (Å²) in [4.78, 5) is 28.9. The molecule has 39 heavy (non-hydrogen) atoms. The Morgan fingerprint density at radius 1 is 0.897 bits per heavy atom. The van der Waals surface area contributed by atoms with Gasteiger partial charge in [0, 0.05) is 12.6 Å². The molecule has 1 N–H and O–H groups in total. The largest absolute Gasteiger partial charge is 0.352 e. The van der Waals surface area contributed by atoms with Crippen LogP contribution in [0.25, 0.3) is 0 Å². The van der Waals surface area contributed by atoms with Gasteiger partial charge in [-0.3, -0.25) is 13.9 Å². The number of aryl methyl sites for hydroxylation is 2. The van der Waals surface area contributed by atoms with E-state index in [2.05, 4.69) is 5.32 Å². The van der Waals surface area contributed by atoms with E-state index in [1.54, 1.807) is 37.3 Å². The second-order valence-electron chi connectivity index (χ2n) is 10.3. The molecule has 8 heteroatoms. The van der Waals surface area contributed by atoms with Crippen molar-refractivity contribution in [3.8, 4) is 0 Å². The zero-order valence-electron chi connectivity index (χ0n) is 22.8. The molecule has 1 saturated carbocycles. The smallest absolute Gasteiger partial charge is 0.264 e. The van der Waals surface area contributed by atoms with E-state index in [1.807, 2.05) is 50.2 Å². The second kappa shape index (κ2) is 12.5. The third-order valence-electron chi connectivity index (χ3n) is 7.40. The van der Waals surface area contributed by atoms with Crippen LogP contribution < -0.4 is 9.62 Å². The molecule has 0 heterocycles. The SMILES string of the molecule is Cc1ccc(N(CC(=O)N(Cc2ccccc2C)C(C)C(=O)NC2CCCC2)S(=O)(=O)c2ccccc2)cc1. The van der Waals surface area contributed by atoms with Crippen LogP contribution in [0, 0.1) is 13.8 Å². The molecule has 0 bridgehead atoms. The molecule has 0 radical (unpaired) electrons. The summed E-state index contributed by atoms with van der Waals surface area (Å²) in [5.41, 5.74) is 3.25. The van der Waals surface area contributed by atoms with E-state index >= 15 is 0 Å². The molecule has 1 unspecified atom stereocenters. The van der Waals surface area contributed by atoms with E-state index in [4.69, 9.17) is 0 Å². The number of sulfonamides is 1. The molecule has 4 rings (SSSR count). The number of nitrogens with one attached hydrogen (secondary N) is 1. The van der Waals surface area contributed by atoms with Gasteiger partial charge < -0.3 is 10.2 Å². The highest BCUT2D eigenvalue weighted by atomic mass is 32.2. The van der Waals surface area contributed by atoms with E-state index in [-0.39, 0.29) is 23.4 Å². The Labute approximate surface area is 231 Å². The molecule has 2 amide bonds. The fourth-order valence-corrected chi connectivity index (χ4v) is 6.34. The predicted octanol–water partition coefficient (Wildman–Crippen LogP) is 4.97. The van der Waals surface area contributed by atoms with Gasteiger partial charge in [0.15, 0.2) is 0 Å². The van der Waals surface area contributed by atoms with Crippen LogP contribution in [-0.4, -0.2) is 43.8 Å². The van der Waals surface area contributed by atoms with Gasteiger partial charge in [-0.25, -0.2) is 8.42 Å². The van der Waals surface area contributed by atoms with E-state index in [9.17, 15) is 18.0 Å². The fraction of sp³-hybridized carbons (Fsp3) is 0.355. The van der Waals surface area contributed by atoms with E-state index in [0.717, 1.165) is 46.7 Å².